The smallest absolute Gasteiger partial charge is 0.338 e. The minimum absolute atomic E-state index is 0.0121. The molecule has 0 radical (unpaired) electrons. The van der Waals surface area contributed by atoms with Crippen LogP contribution in [0.25, 0.3) is 0 Å². The Morgan fingerprint density at radius 1 is 1.00 bits per heavy atom. The molecule has 1 atom stereocenters. The summed E-state index contributed by atoms with van der Waals surface area (Å²) in [5, 5.41) is 2.70. The van der Waals surface area contributed by atoms with Crippen LogP contribution >= 0.6 is 11.6 Å². The van der Waals surface area contributed by atoms with Crippen LogP contribution in [0.3, 0.4) is 0 Å². The van der Waals surface area contributed by atoms with E-state index in [1.165, 1.54) is 37.3 Å². The Hall–Kier alpha value is -4.04. The summed E-state index contributed by atoms with van der Waals surface area (Å²) in [7, 11) is 0. The number of rotatable bonds is 5. The Bertz CT molecular complexity index is 1360. The second-order valence-corrected chi connectivity index (χ2v) is 8.07. The third-order valence-electron chi connectivity index (χ3n) is 5.31. The highest BCUT2D eigenvalue weighted by molar-refractivity contribution is 6.39. The molecule has 0 fully saturated rings. The molecule has 3 amide bonds. The van der Waals surface area contributed by atoms with Gasteiger partial charge in [0.05, 0.1) is 27.4 Å². The number of anilines is 2. The molecule has 1 unspecified atom stereocenters. The van der Waals surface area contributed by atoms with Crippen molar-refractivity contribution in [1.82, 2.24) is 0 Å². The summed E-state index contributed by atoms with van der Waals surface area (Å²) >= 11 is 6.14. The zero-order valence-corrected chi connectivity index (χ0v) is 18.9. The maximum absolute atomic E-state index is 13.7. The molecule has 34 heavy (non-hydrogen) atoms. The van der Waals surface area contributed by atoms with Crippen LogP contribution in [0.5, 0.6) is 0 Å². The number of hydrogen-bond acceptors (Lipinski definition) is 5. The number of imide groups is 1. The van der Waals surface area contributed by atoms with Crippen molar-refractivity contribution in [2.24, 2.45) is 0 Å². The molecule has 7 nitrogen and oxygen atoms in total. The van der Waals surface area contributed by atoms with E-state index in [0.29, 0.717) is 5.56 Å². The number of ether oxygens (including phenoxy) is 1. The SMILES string of the molecule is Cc1ccc(NC(=O)C(C)OC(=O)c2ccc3c(c2)C(=O)N(c2ccccc2Cl)C3=O)cc1F. The average Bonchev–Trinajstić information content (AvgIpc) is 3.06. The summed E-state index contributed by atoms with van der Waals surface area (Å²) in [4.78, 5) is 51.6. The maximum atomic E-state index is 13.7. The monoisotopic (exact) mass is 480 g/mol. The van der Waals surface area contributed by atoms with Gasteiger partial charge >= 0.3 is 5.97 Å². The lowest BCUT2D eigenvalue weighted by Gasteiger charge is -2.15. The molecular weight excluding hydrogens is 463 g/mol. The fraction of sp³-hybridized carbons (Fsp3) is 0.120. The minimum Gasteiger partial charge on any atom is -0.449 e. The number of nitrogens with zero attached hydrogens (tertiary/aromatic N) is 1. The predicted molar refractivity (Wildman–Crippen MR) is 124 cm³/mol. The Morgan fingerprint density at radius 2 is 1.71 bits per heavy atom. The second-order valence-electron chi connectivity index (χ2n) is 7.66. The zero-order chi connectivity index (χ0) is 24.6. The molecule has 1 heterocycles. The molecule has 3 aromatic rings. The number of halogens is 2. The van der Waals surface area contributed by atoms with E-state index in [1.54, 1.807) is 31.2 Å². The van der Waals surface area contributed by atoms with E-state index in [9.17, 15) is 23.6 Å². The van der Waals surface area contributed by atoms with Gasteiger partial charge in [0, 0.05) is 5.69 Å². The van der Waals surface area contributed by atoms with Gasteiger partial charge < -0.3 is 10.1 Å². The van der Waals surface area contributed by atoms with Crippen LogP contribution in [0.1, 0.15) is 43.6 Å². The number of carbonyl (C=O) groups excluding carboxylic acids is 4. The fourth-order valence-corrected chi connectivity index (χ4v) is 3.64. The first kappa shape index (κ1) is 23.1. The first-order chi connectivity index (χ1) is 16.2. The van der Waals surface area contributed by atoms with Gasteiger partial charge in [-0.05, 0) is 61.9 Å². The Labute approximate surface area is 199 Å². The molecule has 1 aliphatic heterocycles. The van der Waals surface area contributed by atoms with Crippen LogP contribution < -0.4 is 10.2 Å². The van der Waals surface area contributed by atoms with Gasteiger partial charge in [0.2, 0.25) is 0 Å². The van der Waals surface area contributed by atoms with Crippen molar-refractivity contribution in [2.75, 3.05) is 10.2 Å². The van der Waals surface area contributed by atoms with Crippen LogP contribution in [0.2, 0.25) is 5.02 Å². The van der Waals surface area contributed by atoms with Crippen molar-refractivity contribution in [2.45, 2.75) is 20.0 Å². The summed E-state index contributed by atoms with van der Waals surface area (Å²) in [6.07, 6.45) is -1.21. The molecule has 4 rings (SSSR count). The predicted octanol–water partition coefficient (Wildman–Crippen LogP) is 4.77. The lowest BCUT2D eigenvalue weighted by Crippen LogP contribution is -2.30. The first-order valence-corrected chi connectivity index (χ1v) is 10.6. The highest BCUT2D eigenvalue weighted by Crippen LogP contribution is 2.33. The molecular formula is C25H18ClFN2O5. The highest BCUT2D eigenvalue weighted by Gasteiger charge is 2.38. The molecule has 0 spiro atoms. The third-order valence-corrected chi connectivity index (χ3v) is 5.63. The molecule has 0 aromatic heterocycles. The zero-order valence-electron chi connectivity index (χ0n) is 18.1. The van der Waals surface area contributed by atoms with Crippen LogP contribution in [0.4, 0.5) is 15.8 Å². The van der Waals surface area contributed by atoms with Crippen molar-refractivity contribution < 1.29 is 28.3 Å². The Morgan fingerprint density at radius 3 is 2.41 bits per heavy atom. The number of nitrogens with one attached hydrogen (secondary N) is 1. The van der Waals surface area contributed by atoms with Crippen molar-refractivity contribution in [1.29, 1.82) is 0 Å². The van der Waals surface area contributed by atoms with Gasteiger partial charge in [0.15, 0.2) is 6.10 Å². The Kier molecular flexibility index (Phi) is 6.17. The number of hydrogen-bond donors (Lipinski definition) is 1. The normalized spacial score (nSPS) is 13.5. The molecule has 0 saturated carbocycles. The summed E-state index contributed by atoms with van der Waals surface area (Å²) in [5.74, 6) is -3.20. The van der Waals surface area contributed by atoms with Gasteiger partial charge in [-0.3, -0.25) is 14.4 Å². The van der Waals surface area contributed by atoms with E-state index in [2.05, 4.69) is 5.32 Å². The van der Waals surface area contributed by atoms with Crippen LogP contribution in [0, 0.1) is 12.7 Å². The number of aryl methyl sites for hydroxylation is 1. The summed E-state index contributed by atoms with van der Waals surface area (Å²) in [6, 6.07) is 14.5. The Balaban J connectivity index is 1.49. The molecule has 1 N–H and O–H groups in total. The molecule has 172 valence electrons. The van der Waals surface area contributed by atoms with Crippen LogP contribution in [0.15, 0.2) is 60.7 Å². The van der Waals surface area contributed by atoms with Crippen LogP contribution in [-0.4, -0.2) is 29.8 Å². The molecule has 0 aliphatic carbocycles. The first-order valence-electron chi connectivity index (χ1n) is 10.2. The number of para-hydroxylation sites is 1. The number of benzene rings is 3. The third kappa shape index (κ3) is 4.27. The van der Waals surface area contributed by atoms with E-state index < -0.39 is 35.6 Å². The van der Waals surface area contributed by atoms with E-state index in [-0.39, 0.29) is 33.1 Å². The number of fused-ring (bicyclic) bond motifs is 1. The molecule has 9 heteroatoms. The molecule has 3 aromatic carbocycles. The summed E-state index contributed by atoms with van der Waals surface area (Å²) in [5.41, 5.74) is 1.01. The van der Waals surface area contributed by atoms with Gasteiger partial charge in [0.1, 0.15) is 5.82 Å². The van der Waals surface area contributed by atoms with E-state index in [0.717, 1.165) is 11.0 Å². The fourth-order valence-electron chi connectivity index (χ4n) is 3.42. The van der Waals surface area contributed by atoms with Gasteiger partial charge in [0.25, 0.3) is 17.7 Å². The van der Waals surface area contributed by atoms with Crippen molar-refractivity contribution in [3.8, 4) is 0 Å². The maximum Gasteiger partial charge on any atom is 0.338 e. The van der Waals surface area contributed by atoms with E-state index in [4.69, 9.17) is 16.3 Å². The molecule has 1 aliphatic rings. The minimum atomic E-state index is -1.21. The standard InChI is InChI=1S/C25H18ClFN2O5/c1-13-7-9-16(12-20(13)27)28-22(30)14(2)34-25(33)15-8-10-17-18(11-15)24(32)29(23(17)31)21-6-4-3-5-19(21)26/h3-12,14H,1-2H3,(H,28,30). The number of amides is 3. The van der Waals surface area contributed by atoms with Gasteiger partial charge in [-0.15, -0.1) is 0 Å². The van der Waals surface area contributed by atoms with Crippen molar-refractivity contribution in [3.05, 3.63) is 93.8 Å². The van der Waals surface area contributed by atoms with E-state index >= 15 is 0 Å². The quantitative estimate of drug-likeness (QED) is 0.419. The largest absolute Gasteiger partial charge is 0.449 e. The lowest BCUT2D eigenvalue weighted by atomic mass is 10.1. The summed E-state index contributed by atoms with van der Waals surface area (Å²) < 4.78 is 18.9. The topological polar surface area (TPSA) is 92.8 Å². The molecule has 0 saturated heterocycles. The van der Waals surface area contributed by atoms with E-state index in [1.807, 2.05) is 0 Å². The van der Waals surface area contributed by atoms with Gasteiger partial charge in [-0.25, -0.2) is 14.1 Å². The number of carbonyl (C=O) groups is 4. The van der Waals surface area contributed by atoms with Gasteiger partial charge in [-0.2, -0.15) is 0 Å². The second kappa shape index (κ2) is 9.07. The van der Waals surface area contributed by atoms with Crippen LogP contribution in [-0.2, 0) is 9.53 Å². The molecule has 0 bridgehead atoms. The van der Waals surface area contributed by atoms with Crippen molar-refractivity contribution >= 4 is 46.7 Å². The highest BCUT2D eigenvalue weighted by atomic mass is 35.5. The van der Waals surface area contributed by atoms with Gasteiger partial charge in [-0.1, -0.05) is 29.8 Å². The number of esters is 1. The summed E-state index contributed by atoms with van der Waals surface area (Å²) in [6.45, 7) is 2.95. The van der Waals surface area contributed by atoms with Crippen molar-refractivity contribution in [3.63, 3.8) is 0 Å². The lowest BCUT2D eigenvalue weighted by molar-refractivity contribution is -0.123. The average molecular weight is 481 g/mol.